The fourth-order valence-electron chi connectivity index (χ4n) is 2.00. The second-order valence-electron chi connectivity index (χ2n) is 5.19. The zero-order valence-corrected chi connectivity index (χ0v) is 15.7. The summed E-state index contributed by atoms with van der Waals surface area (Å²) in [6.45, 7) is 2.57. The molecule has 6 heteroatoms. The van der Waals surface area contributed by atoms with Crippen molar-refractivity contribution in [3.8, 4) is 5.75 Å². The minimum Gasteiger partial charge on any atom is -0.484 e. The van der Waals surface area contributed by atoms with E-state index >= 15 is 0 Å². The van der Waals surface area contributed by atoms with Gasteiger partial charge in [-0.15, -0.1) is 0 Å². The molecule has 2 rings (SSSR count). The Balaban J connectivity index is 1.62. The van der Waals surface area contributed by atoms with E-state index in [4.69, 9.17) is 27.9 Å². The number of ether oxygens (including phenoxy) is 1. The van der Waals surface area contributed by atoms with Gasteiger partial charge in [-0.05, 0) is 36.2 Å². The third-order valence-electron chi connectivity index (χ3n) is 3.29. The van der Waals surface area contributed by atoms with Crippen LogP contribution >= 0.6 is 35.0 Å². The summed E-state index contributed by atoms with van der Waals surface area (Å²) in [6.07, 6.45) is 0. The highest BCUT2D eigenvalue weighted by Crippen LogP contribution is 2.24. The molecule has 128 valence electrons. The summed E-state index contributed by atoms with van der Waals surface area (Å²) >= 11 is 13.7. The predicted molar refractivity (Wildman–Crippen MR) is 102 cm³/mol. The Labute approximate surface area is 156 Å². The van der Waals surface area contributed by atoms with Crippen molar-refractivity contribution in [2.45, 2.75) is 12.7 Å². The number of carbonyl (C=O) groups excluding carboxylic acids is 1. The molecular weight excluding hydrogens is 365 g/mol. The molecule has 24 heavy (non-hydrogen) atoms. The van der Waals surface area contributed by atoms with Crippen molar-refractivity contribution in [3.05, 3.63) is 63.6 Å². The molecule has 0 spiro atoms. The van der Waals surface area contributed by atoms with Crippen molar-refractivity contribution in [1.29, 1.82) is 0 Å². The van der Waals surface area contributed by atoms with Crippen LogP contribution in [0.2, 0.25) is 10.0 Å². The van der Waals surface area contributed by atoms with Gasteiger partial charge in [0.25, 0.3) is 5.91 Å². The Hall–Kier alpha value is -1.36. The maximum Gasteiger partial charge on any atom is 0.257 e. The summed E-state index contributed by atoms with van der Waals surface area (Å²) < 4.78 is 5.50. The SMILES string of the molecule is Cc1ccccc1OCC(=O)NCCSCc1ccc(Cl)cc1Cl. The number of hydrogen-bond donors (Lipinski definition) is 1. The van der Waals surface area contributed by atoms with E-state index in [1.807, 2.05) is 43.3 Å². The van der Waals surface area contributed by atoms with Crippen molar-refractivity contribution in [1.82, 2.24) is 5.32 Å². The number of para-hydroxylation sites is 1. The van der Waals surface area contributed by atoms with Crippen molar-refractivity contribution in [3.63, 3.8) is 0 Å². The first-order valence-corrected chi connectivity index (χ1v) is 9.44. The van der Waals surface area contributed by atoms with Crippen LogP contribution in [0.1, 0.15) is 11.1 Å². The quantitative estimate of drug-likeness (QED) is 0.669. The monoisotopic (exact) mass is 383 g/mol. The topological polar surface area (TPSA) is 38.3 Å². The van der Waals surface area contributed by atoms with E-state index in [0.29, 0.717) is 16.6 Å². The number of benzene rings is 2. The minimum atomic E-state index is -0.122. The van der Waals surface area contributed by atoms with Gasteiger partial charge in [0.1, 0.15) is 5.75 Å². The highest BCUT2D eigenvalue weighted by molar-refractivity contribution is 7.98. The first-order chi connectivity index (χ1) is 11.6. The molecular formula is C18H19Cl2NO2S. The van der Waals surface area contributed by atoms with Crippen LogP contribution in [-0.2, 0) is 10.5 Å². The number of amides is 1. The van der Waals surface area contributed by atoms with Crippen molar-refractivity contribution in [2.24, 2.45) is 0 Å². The Morgan fingerprint density at radius 1 is 1.21 bits per heavy atom. The Morgan fingerprint density at radius 3 is 2.75 bits per heavy atom. The van der Waals surface area contributed by atoms with E-state index in [1.165, 1.54) is 0 Å². The number of rotatable bonds is 8. The number of halogens is 2. The average molecular weight is 384 g/mol. The maximum absolute atomic E-state index is 11.8. The lowest BCUT2D eigenvalue weighted by Gasteiger charge is -2.09. The van der Waals surface area contributed by atoms with Crippen LogP contribution in [0.15, 0.2) is 42.5 Å². The van der Waals surface area contributed by atoms with Crippen LogP contribution in [0.3, 0.4) is 0 Å². The van der Waals surface area contributed by atoms with Crippen molar-refractivity contribution < 1.29 is 9.53 Å². The number of thioether (sulfide) groups is 1. The Bertz CT molecular complexity index is 694. The highest BCUT2D eigenvalue weighted by Gasteiger charge is 2.05. The van der Waals surface area contributed by atoms with Gasteiger partial charge in [0.2, 0.25) is 0 Å². The van der Waals surface area contributed by atoms with E-state index in [2.05, 4.69) is 5.32 Å². The molecule has 0 bridgehead atoms. The van der Waals surface area contributed by atoms with E-state index in [1.54, 1.807) is 17.8 Å². The highest BCUT2D eigenvalue weighted by atomic mass is 35.5. The van der Waals surface area contributed by atoms with Crippen LogP contribution in [0, 0.1) is 6.92 Å². The van der Waals surface area contributed by atoms with Gasteiger partial charge in [0.05, 0.1) is 0 Å². The molecule has 0 atom stereocenters. The van der Waals surface area contributed by atoms with Crippen LogP contribution in [0.5, 0.6) is 5.75 Å². The van der Waals surface area contributed by atoms with Gasteiger partial charge in [0, 0.05) is 28.1 Å². The summed E-state index contributed by atoms with van der Waals surface area (Å²) in [5, 5.41) is 4.15. The standard InChI is InChI=1S/C18H19Cl2NO2S/c1-13-4-2-3-5-17(13)23-11-18(22)21-8-9-24-12-14-6-7-15(19)10-16(14)20/h2-7,10H,8-9,11-12H2,1H3,(H,21,22). The molecule has 0 saturated carbocycles. The first kappa shape index (κ1) is 19.0. The van der Waals surface area contributed by atoms with Gasteiger partial charge in [-0.25, -0.2) is 0 Å². The third-order valence-corrected chi connectivity index (χ3v) is 4.89. The van der Waals surface area contributed by atoms with Crippen LogP contribution in [0.25, 0.3) is 0 Å². The zero-order valence-electron chi connectivity index (χ0n) is 13.4. The van der Waals surface area contributed by atoms with Crippen molar-refractivity contribution in [2.75, 3.05) is 18.9 Å². The van der Waals surface area contributed by atoms with Gasteiger partial charge >= 0.3 is 0 Å². The minimum absolute atomic E-state index is 0.0263. The lowest BCUT2D eigenvalue weighted by Crippen LogP contribution is -2.30. The van der Waals surface area contributed by atoms with E-state index in [0.717, 1.165) is 28.4 Å². The second-order valence-corrected chi connectivity index (χ2v) is 7.14. The molecule has 2 aromatic rings. The van der Waals surface area contributed by atoms with Gasteiger partial charge in [0.15, 0.2) is 6.61 Å². The fourth-order valence-corrected chi connectivity index (χ4v) is 3.41. The first-order valence-electron chi connectivity index (χ1n) is 7.53. The Kier molecular flexibility index (Phi) is 7.76. The average Bonchev–Trinajstić information content (AvgIpc) is 2.55. The molecule has 0 aromatic heterocycles. The predicted octanol–water partition coefficient (Wildman–Crippen LogP) is 4.73. The summed E-state index contributed by atoms with van der Waals surface area (Å²) in [5.74, 6) is 2.20. The third kappa shape index (κ3) is 6.27. The zero-order chi connectivity index (χ0) is 17.4. The van der Waals surface area contributed by atoms with Gasteiger partial charge < -0.3 is 10.1 Å². The number of aryl methyl sites for hydroxylation is 1. The lowest BCUT2D eigenvalue weighted by molar-refractivity contribution is -0.122. The maximum atomic E-state index is 11.8. The summed E-state index contributed by atoms with van der Waals surface area (Å²) in [5.41, 5.74) is 2.06. The molecule has 0 saturated heterocycles. The molecule has 0 unspecified atom stereocenters. The molecule has 0 fully saturated rings. The van der Waals surface area contributed by atoms with Gasteiger partial charge in [-0.1, -0.05) is 47.5 Å². The van der Waals surface area contributed by atoms with Crippen LogP contribution in [0.4, 0.5) is 0 Å². The number of carbonyl (C=O) groups is 1. The summed E-state index contributed by atoms with van der Waals surface area (Å²) in [4.78, 5) is 11.8. The molecule has 0 aliphatic heterocycles. The largest absolute Gasteiger partial charge is 0.484 e. The van der Waals surface area contributed by atoms with E-state index < -0.39 is 0 Å². The fraction of sp³-hybridized carbons (Fsp3) is 0.278. The van der Waals surface area contributed by atoms with E-state index in [-0.39, 0.29) is 12.5 Å². The normalized spacial score (nSPS) is 10.5. The lowest BCUT2D eigenvalue weighted by atomic mass is 10.2. The molecule has 1 amide bonds. The number of nitrogens with one attached hydrogen (secondary N) is 1. The van der Waals surface area contributed by atoms with E-state index in [9.17, 15) is 4.79 Å². The molecule has 0 aliphatic rings. The molecule has 1 N–H and O–H groups in total. The van der Waals surface area contributed by atoms with Crippen LogP contribution < -0.4 is 10.1 Å². The molecule has 2 aromatic carbocycles. The second kappa shape index (κ2) is 9.82. The molecule has 0 radical (unpaired) electrons. The summed E-state index contributed by atoms with van der Waals surface area (Å²) in [7, 11) is 0. The molecule has 0 aliphatic carbocycles. The molecule has 3 nitrogen and oxygen atoms in total. The van der Waals surface area contributed by atoms with Gasteiger partial charge in [-0.2, -0.15) is 11.8 Å². The summed E-state index contributed by atoms with van der Waals surface area (Å²) in [6, 6.07) is 13.1. The van der Waals surface area contributed by atoms with Crippen LogP contribution in [-0.4, -0.2) is 24.8 Å². The van der Waals surface area contributed by atoms with Gasteiger partial charge in [-0.3, -0.25) is 4.79 Å². The Morgan fingerprint density at radius 2 is 2.00 bits per heavy atom. The van der Waals surface area contributed by atoms with Crippen molar-refractivity contribution >= 4 is 40.9 Å². The molecule has 0 heterocycles. The number of hydrogen-bond acceptors (Lipinski definition) is 3. The smallest absolute Gasteiger partial charge is 0.257 e.